The summed E-state index contributed by atoms with van der Waals surface area (Å²) in [5, 5.41) is 0. The Bertz CT molecular complexity index is 1270. The Labute approximate surface area is 281 Å². The van der Waals surface area contributed by atoms with Crippen LogP contribution in [0.3, 0.4) is 0 Å². The van der Waals surface area contributed by atoms with E-state index in [1.165, 1.54) is 24.3 Å². The first-order valence-corrected chi connectivity index (χ1v) is 18.2. The molecule has 0 aliphatic rings. The van der Waals surface area contributed by atoms with Crippen LogP contribution in [0.25, 0.3) is 0 Å². The van der Waals surface area contributed by atoms with Gasteiger partial charge in [-0.25, -0.2) is 16.8 Å². The summed E-state index contributed by atoms with van der Waals surface area (Å²) in [6.45, 7) is 6.67. The number of hydrogen-bond donors (Lipinski definition) is 4. The highest BCUT2D eigenvalue weighted by Crippen LogP contribution is 2.14. The molecule has 17 heteroatoms. The third-order valence-corrected chi connectivity index (χ3v) is 9.31. The highest BCUT2D eigenvalue weighted by molar-refractivity contribution is 7.89. The number of nitrogens with two attached hydrogens (primary N) is 2. The van der Waals surface area contributed by atoms with Crippen molar-refractivity contribution in [3.63, 3.8) is 0 Å². The second-order valence-corrected chi connectivity index (χ2v) is 13.6. The number of esters is 2. The third-order valence-electron chi connectivity index (χ3n) is 6.11. The van der Waals surface area contributed by atoms with Crippen LogP contribution in [-0.2, 0) is 43.9 Å². The molecule has 0 fully saturated rings. The Balaban J connectivity index is 0.000000835. The molecule has 0 heterocycles. The predicted octanol–water partition coefficient (Wildman–Crippen LogP) is 2.84. The van der Waals surface area contributed by atoms with E-state index in [1.807, 2.05) is 20.6 Å². The summed E-state index contributed by atoms with van der Waals surface area (Å²) in [5.74, 6) is -1.38. The van der Waals surface area contributed by atoms with Crippen LogP contribution in [0.15, 0.2) is 58.3 Å². The fourth-order valence-electron chi connectivity index (χ4n) is 3.69. The molecule has 2 atom stereocenters. The molecule has 260 valence electrons. The molecule has 13 nitrogen and oxygen atoms in total. The van der Waals surface area contributed by atoms with Crippen molar-refractivity contribution in [2.75, 3.05) is 25.2 Å². The molecular weight excluding hydrogens is 683 g/mol. The number of carbonyl (C=O) groups is 3. The molecule has 0 saturated heterocycles. The standard InChI is InChI=1S/2C14H21ClN2O4S.CH2O/c2*1-11-5-7-12(8-6-11)22(19,20)17-13(4-2-3-9-16)14(18)21-10-15;1-2/h2*5-8,13,17H,2-4,9-10,16H2,1H3;1H2/t2*13-;/m00./s1. The molecule has 2 aromatic carbocycles. The van der Waals surface area contributed by atoms with Crippen LogP contribution in [0.2, 0.25) is 0 Å². The molecule has 0 saturated carbocycles. The van der Waals surface area contributed by atoms with Gasteiger partial charge >= 0.3 is 11.9 Å². The molecule has 46 heavy (non-hydrogen) atoms. The van der Waals surface area contributed by atoms with Crippen molar-refractivity contribution in [3.05, 3.63) is 59.7 Å². The maximum Gasteiger partial charge on any atom is 0.325 e. The zero-order valence-corrected chi connectivity index (χ0v) is 29.1. The summed E-state index contributed by atoms with van der Waals surface area (Å²) in [5.41, 5.74) is 12.7. The molecule has 0 bridgehead atoms. The molecule has 0 aromatic heterocycles. The van der Waals surface area contributed by atoms with Gasteiger partial charge in [-0.1, -0.05) is 71.4 Å². The molecule has 2 rings (SSSR count). The summed E-state index contributed by atoms with van der Waals surface area (Å²) < 4.78 is 63.4. The maximum atomic E-state index is 12.3. The quantitative estimate of drug-likeness (QED) is 0.0996. The number of benzene rings is 2. The van der Waals surface area contributed by atoms with E-state index in [-0.39, 0.29) is 21.9 Å². The lowest BCUT2D eigenvalue weighted by molar-refractivity contribution is -0.144. The molecule has 0 aliphatic heterocycles. The summed E-state index contributed by atoms with van der Waals surface area (Å²) in [7, 11) is -7.60. The van der Waals surface area contributed by atoms with Crippen molar-refractivity contribution in [2.45, 2.75) is 74.2 Å². The molecule has 6 N–H and O–H groups in total. The van der Waals surface area contributed by atoms with E-state index in [0.29, 0.717) is 51.6 Å². The molecule has 0 unspecified atom stereocenters. The van der Waals surface area contributed by atoms with Crippen LogP contribution in [0.4, 0.5) is 0 Å². The van der Waals surface area contributed by atoms with Crippen LogP contribution < -0.4 is 20.9 Å². The maximum absolute atomic E-state index is 12.3. The third kappa shape index (κ3) is 16.8. The smallest absolute Gasteiger partial charge is 0.325 e. The monoisotopic (exact) mass is 726 g/mol. The van der Waals surface area contributed by atoms with E-state index in [9.17, 15) is 26.4 Å². The highest BCUT2D eigenvalue weighted by Gasteiger charge is 2.27. The minimum atomic E-state index is -3.80. The zero-order chi connectivity index (χ0) is 35.2. The van der Waals surface area contributed by atoms with E-state index < -0.39 is 44.1 Å². The van der Waals surface area contributed by atoms with Crippen LogP contribution in [-0.4, -0.2) is 72.9 Å². The normalized spacial score (nSPS) is 12.4. The van der Waals surface area contributed by atoms with Crippen molar-refractivity contribution in [3.8, 4) is 0 Å². The Morgan fingerprint density at radius 1 is 0.674 bits per heavy atom. The number of aryl methyl sites for hydroxylation is 2. The van der Waals surface area contributed by atoms with Gasteiger partial charge in [-0.3, -0.25) is 9.59 Å². The SMILES string of the molecule is C=O.Cc1ccc(S(=O)(=O)N[C@@H](CCCCN)C(=O)OCCl)cc1.Cc1ccc(S(=O)(=O)N[C@@H](CCCCN)C(=O)OCCl)cc1. The van der Waals surface area contributed by atoms with Gasteiger partial charge in [0.2, 0.25) is 20.0 Å². The molecule has 0 radical (unpaired) electrons. The van der Waals surface area contributed by atoms with E-state index in [2.05, 4.69) is 9.44 Å². The Hall–Kier alpha value is -2.63. The largest absolute Gasteiger partial charge is 0.448 e. The summed E-state index contributed by atoms with van der Waals surface area (Å²) in [4.78, 5) is 31.9. The van der Waals surface area contributed by atoms with Gasteiger partial charge in [0.1, 0.15) is 18.9 Å². The van der Waals surface area contributed by atoms with Gasteiger partial charge < -0.3 is 25.7 Å². The van der Waals surface area contributed by atoms with Gasteiger partial charge in [-0.05, 0) is 76.9 Å². The van der Waals surface area contributed by atoms with E-state index in [1.54, 1.807) is 24.3 Å². The number of sulfonamides is 2. The number of nitrogens with one attached hydrogen (secondary N) is 2. The summed E-state index contributed by atoms with van der Waals surface area (Å²) in [6.07, 6.45) is 3.20. The van der Waals surface area contributed by atoms with Gasteiger partial charge in [0, 0.05) is 0 Å². The molecule has 0 spiro atoms. The lowest BCUT2D eigenvalue weighted by Gasteiger charge is -2.17. The van der Waals surface area contributed by atoms with Crippen molar-refractivity contribution < 1.29 is 40.7 Å². The van der Waals surface area contributed by atoms with Gasteiger partial charge in [-0.2, -0.15) is 9.44 Å². The van der Waals surface area contributed by atoms with Crippen LogP contribution in [0.5, 0.6) is 0 Å². The fraction of sp³-hybridized carbons (Fsp3) is 0.483. The second kappa shape index (κ2) is 23.7. The topological polar surface area (TPSA) is 214 Å². The lowest BCUT2D eigenvalue weighted by atomic mass is 10.1. The number of hydrogen-bond acceptors (Lipinski definition) is 11. The van der Waals surface area contributed by atoms with Gasteiger partial charge in [0.25, 0.3) is 0 Å². The highest BCUT2D eigenvalue weighted by atomic mass is 35.5. The van der Waals surface area contributed by atoms with Gasteiger partial charge in [-0.15, -0.1) is 0 Å². The number of carbonyl (C=O) groups excluding carboxylic acids is 3. The second-order valence-electron chi connectivity index (χ2n) is 9.69. The van der Waals surface area contributed by atoms with Crippen LogP contribution in [0, 0.1) is 13.8 Å². The number of halogens is 2. The lowest BCUT2D eigenvalue weighted by Crippen LogP contribution is -2.41. The van der Waals surface area contributed by atoms with Crippen molar-refractivity contribution >= 4 is 62.0 Å². The Kier molecular flexibility index (Phi) is 22.3. The van der Waals surface area contributed by atoms with Crippen molar-refractivity contribution in [1.29, 1.82) is 0 Å². The minimum absolute atomic E-state index is 0.0978. The number of unbranched alkanes of at least 4 members (excludes halogenated alkanes) is 2. The predicted molar refractivity (Wildman–Crippen MR) is 177 cm³/mol. The molecule has 2 aromatic rings. The average molecular weight is 728 g/mol. The van der Waals surface area contributed by atoms with Gasteiger partial charge in [0.05, 0.1) is 9.79 Å². The van der Waals surface area contributed by atoms with E-state index in [0.717, 1.165) is 11.1 Å². The van der Waals surface area contributed by atoms with Crippen LogP contribution in [0.1, 0.15) is 49.7 Å². The number of ether oxygens (including phenoxy) is 2. The summed E-state index contributed by atoms with van der Waals surface area (Å²) in [6, 6.07) is 10.1. The number of rotatable bonds is 18. The van der Waals surface area contributed by atoms with Crippen LogP contribution >= 0.6 is 23.2 Å². The first kappa shape index (κ1) is 43.4. The first-order chi connectivity index (χ1) is 21.8. The average Bonchev–Trinajstić information content (AvgIpc) is 3.02. The molecule has 0 aliphatic carbocycles. The number of alkyl halides is 2. The molecule has 0 amide bonds. The van der Waals surface area contributed by atoms with Gasteiger partial charge in [0.15, 0.2) is 12.1 Å². The molecular formula is C29H44Cl2N4O9S2. The van der Waals surface area contributed by atoms with E-state index >= 15 is 0 Å². The first-order valence-electron chi connectivity index (χ1n) is 14.1. The van der Waals surface area contributed by atoms with Crippen molar-refractivity contribution in [1.82, 2.24) is 9.44 Å². The Morgan fingerprint density at radius 3 is 1.24 bits per heavy atom. The summed E-state index contributed by atoms with van der Waals surface area (Å²) >= 11 is 10.7. The minimum Gasteiger partial charge on any atom is -0.448 e. The zero-order valence-electron chi connectivity index (χ0n) is 26.0. The Morgan fingerprint density at radius 2 is 0.978 bits per heavy atom. The fourth-order valence-corrected chi connectivity index (χ4v) is 6.34. The van der Waals surface area contributed by atoms with Crippen molar-refractivity contribution in [2.24, 2.45) is 11.5 Å². The van der Waals surface area contributed by atoms with E-state index in [4.69, 9.17) is 48.9 Å².